The van der Waals surface area contributed by atoms with Crippen molar-refractivity contribution in [3.05, 3.63) is 64.7 Å². The first kappa shape index (κ1) is 32.0. The smallest absolute Gasteiger partial charge is 0.255 e. The second-order valence-corrected chi connectivity index (χ2v) is 13.5. The molecule has 0 aliphatic carbocycles. The lowest BCUT2D eigenvalue weighted by Crippen LogP contribution is -2.49. The highest BCUT2D eigenvalue weighted by Crippen LogP contribution is 2.38. The van der Waals surface area contributed by atoms with Gasteiger partial charge in [0.1, 0.15) is 11.8 Å². The second-order valence-electron chi connectivity index (χ2n) is 12.3. The van der Waals surface area contributed by atoms with Crippen LogP contribution in [0.2, 0.25) is 0 Å². The number of hydrogen-bond donors (Lipinski definition) is 1. The molecule has 2 aromatic rings. The molecule has 0 bridgehead atoms. The fourth-order valence-electron chi connectivity index (χ4n) is 5.02. The van der Waals surface area contributed by atoms with Gasteiger partial charge in [0, 0.05) is 23.4 Å². The van der Waals surface area contributed by atoms with Crippen LogP contribution in [0.4, 0.5) is 0 Å². The molecule has 6 heteroatoms. The molecule has 1 N–H and O–H groups in total. The van der Waals surface area contributed by atoms with E-state index < -0.39 is 6.04 Å². The van der Waals surface area contributed by atoms with Gasteiger partial charge in [0.25, 0.3) is 5.91 Å². The molecule has 1 aliphatic rings. The molecule has 1 aliphatic heterocycles. The Morgan fingerprint density at radius 1 is 1.00 bits per heavy atom. The van der Waals surface area contributed by atoms with Crippen LogP contribution in [-0.2, 0) is 15.6 Å². The molecule has 0 radical (unpaired) electrons. The highest BCUT2D eigenvalue weighted by atomic mass is 32.2. The van der Waals surface area contributed by atoms with Gasteiger partial charge in [-0.3, -0.25) is 9.59 Å². The van der Waals surface area contributed by atoms with Gasteiger partial charge in [-0.05, 0) is 73.6 Å². The third-order valence-corrected chi connectivity index (χ3v) is 10.1. The first-order valence-corrected chi connectivity index (χ1v) is 16.1. The van der Waals surface area contributed by atoms with E-state index in [2.05, 4.69) is 72.0 Å². The van der Waals surface area contributed by atoms with Crippen molar-refractivity contribution in [2.24, 2.45) is 0 Å². The van der Waals surface area contributed by atoms with Gasteiger partial charge in [-0.15, -0.1) is 11.8 Å². The summed E-state index contributed by atoms with van der Waals surface area (Å²) in [5.41, 5.74) is 4.47. The van der Waals surface area contributed by atoms with Gasteiger partial charge >= 0.3 is 0 Å². The summed E-state index contributed by atoms with van der Waals surface area (Å²) in [5, 5.41) is 3.11. The second kappa shape index (κ2) is 13.9. The number of nitrogens with zero attached hydrogens (tertiary/aromatic N) is 1. The summed E-state index contributed by atoms with van der Waals surface area (Å²) in [6.45, 7) is 18.8. The van der Waals surface area contributed by atoms with Crippen molar-refractivity contribution in [1.29, 1.82) is 0 Å². The largest absolute Gasteiger partial charge is 0.493 e. The molecular formula is C34H50N2O3S. The summed E-state index contributed by atoms with van der Waals surface area (Å²) in [6.07, 6.45) is 4.60. The minimum absolute atomic E-state index is 0.0213. The number of ether oxygens (including phenoxy) is 1. The van der Waals surface area contributed by atoms with E-state index in [0.29, 0.717) is 24.5 Å². The Labute approximate surface area is 246 Å². The summed E-state index contributed by atoms with van der Waals surface area (Å²) < 4.78 is 6.30. The monoisotopic (exact) mass is 566 g/mol. The van der Waals surface area contributed by atoms with Crippen LogP contribution in [0.25, 0.3) is 0 Å². The fraction of sp³-hybridized carbons (Fsp3) is 0.588. The van der Waals surface area contributed by atoms with Crippen LogP contribution in [-0.4, -0.2) is 47.0 Å². The zero-order valence-corrected chi connectivity index (χ0v) is 26.7. The molecule has 0 saturated carbocycles. The SMILES string of the molecule is CCC1SCC(C(=O)NCCCCOc2ccc(C(C)(C)CC)cc2C(C)(C)CC)N1C(=O)c1cccc(C)c1. The Hall–Kier alpha value is -2.47. The molecule has 2 amide bonds. The number of unbranched alkanes of at least 4 members (excludes halogenated alkanes) is 1. The maximum absolute atomic E-state index is 13.4. The number of carbonyl (C=O) groups excluding carboxylic acids is 2. The number of carbonyl (C=O) groups is 2. The molecule has 0 spiro atoms. The lowest BCUT2D eigenvalue weighted by Gasteiger charge is -2.30. The number of aryl methyl sites for hydroxylation is 1. The molecule has 1 heterocycles. The van der Waals surface area contributed by atoms with E-state index in [-0.39, 0.29) is 28.0 Å². The predicted molar refractivity (Wildman–Crippen MR) is 168 cm³/mol. The Balaban J connectivity index is 1.55. The first-order valence-electron chi connectivity index (χ1n) is 15.0. The predicted octanol–water partition coefficient (Wildman–Crippen LogP) is 7.64. The number of thioether (sulfide) groups is 1. The number of hydrogen-bond acceptors (Lipinski definition) is 4. The molecule has 2 aromatic carbocycles. The average Bonchev–Trinajstić information content (AvgIpc) is 3.38. The summed E-state index contributed by atoms with van der Waals surface area (Å²) >= 11 is 1.69. The maximum atomic E-state index is 13.4. The number of amides is 2. The van der Waals surface area contributed by atoms with Gasteiger partial charge in [-0.1, -0.05) is 78.3 Å². The molecule has 1 saturated heterocycles. The molecule has 3 rings (SSSR count). The lowest BCUT2D eigenvalue weighted by atomic mass is 9.76. The van der Waals surface area contributed by atoms with E-state index in [1.807, 2.05) is 31.2 Å². The van der Waals surface area contributed by atoms with Crippen molar-refractivity contribution in [3.63, 3.8) is 0 Å². The Kier molecular flexibility index (Phi) is 11.2. The third-order valence-electron chi connectivity index (χ3n) is 8.63. The van der Waals surface area contributed by atoms with Crippen molar-refractivity contribution in [1.82, 2.24) is 10.2 Å². The van der Waals surface area contributed by atoms with Crippen LogP contribution in [0.5, 0.6) is 5.75 Å². The zero-order chi connectivity index (χ0) is 29.5. The summed E-state index contributed by atoms with van der Waals surface area (Å²) in [5.74, 6) is 1.47. The van der Waals surface area contributed by atoms with Gasteiger partial charge in [-0.2, -0.15) is 0 Å². The number of benzene rings is 2. The fourth-order valence-corrected chi connectivity index (χ4v) is 6.37. The molecule has 220 valence electrons. The van der Waals surface area contributed by atoms with Crippen molar-refractivity contribution >= 4 is 23.6 Å². The van der Waals surface area contributed by atoms with E-state index in [1.165, 1.54) is 11.1 Å². The van der Waals surface area contributed by atoms with Crippen molar-refractivity contribution in [3.8, 4) is 5.75 Å². The molecule has 1 fully saturated rings. The van der Waals surface area contributed by atoms with Crippen molar-refractivity contribution in [2.45, 2.75) is 110 Å². The van der Waals surface area contributed by atoms with E-state index in [1.54, 1.807) is 16.7 Å². The Morgan fingerprint density at radius 2 is 1.73 bits per heavy atom. The van der Waals surface area contributed by atoms with Crippen LogP contribution >= 0.6 is 11.8 Å². The molecule has 2 unspecified atom stereocenters. The van der Waals surface area contributed by atoms with E-state index in [9.17, 15) is 9.59 Å². The average molecular weight is 567 g/mol. The standard InChI is InChI=1S/C34H50N2O3S/c1-9-30-36(32(38)25-16-14-15-24(4)21-25)28(23-40-30)31(37)35-19-12-13-20-39-29-18-17-26(33(5,6)10-2)22-27(29)34(7,8)11-3/h14-18,21-22,28,30H,9-13,19-20,23H2,1-8H3,(H,35,37). The molecule has 2 atom stereocenters. The van der Waals surface area contributed by atoms with Crippen LogP contribution in [0.1, 0.15) is 108 Å². The summed E-state index contributed by atoms with van der Waals surface area (Å²) in [6, 6.07) is 13.9. The van der Waals surface area contributed by atoms with E-state index in [0.717, 1.165) is 43.4 Å². The Morgan fingerprint density at radius 3 is 2.38 bits per heavy atom. The van der Waals surface area contributed by atoms with Crippen molar-refractivity contribution in [2.75, 3.05) is 18.9 Å². The molecular weight excluding hydrogens is 516 g/mol. The molecule has 5 nitrogen and oxygen atoms in total. The van der Waals surface area contributed by atoms with Gasteiger partial charge in [0.15, 0.2) is 0 Å². The topological polar surface area (TPSA) is 58.6 Å². The zero-order valence-electron chi connectivity index (χ0n) is 25.9. The van der Waals surface area contributed by atoms with E-state index >= 15 is 0 Å². The van der Waals surface area contributed by atoms with Gasteiger partial charge in [0.05, 0.1) is 12.0 Å². The van der Waals surface area contributed by atoms with Gasteiger partial charge < -0.3 is 15.0 Å². The van der Waals surface area contributed by atoms with Crippen LogP contribution < -0.4 is 10.1 Å². The highest BCUT2D eigenvalue weighted by Gasteiger charge is 2.40. The first-order chi connectivity index (χ1) is 18.9. The minimum Gasteiger partial charge on any atom is -0.493 e. The highest BCUT2D eigenvalue weighted by molar-refractivity contribution is 8.00. The Bertz CT molecular complexity index is 1160. The van der Waals surface area contributed by atoms with Crippen molar-refractivity contribution < 1.29 is 14.3 Å². The van der Waals surface area contributed by atoms with Gasteiger partial charge in [0.2, 0.25) is 5.91 Å². The number of nitrogens with one attached hydrogen (secondary N) is 1. The third kappa shape index (κ3) is 7.63. The van der Waals surface area contributed by atoms with Gasteiger partial charge in [-0.25, -0.2) is 0 Å². The maximum Gasteiger partial charge on any atom is 0.255 e. The number of rotatable bonds is 13. The quantitative estimate of drug-likeness (QED) is 0.253. The summed E-state index contributed by atoms with van der Waals surface area (Å²) in [4.78, 5) is 28.3. The van der Waals surface area contributed by atoms with Crippen LogP contribution in [0.15, 0.2) is 42.5 Å². The molecule has 40 heavy (non-hydrogen) atoms. The van der Waals surface area contributed by atoms with Crippen LogP contribution in [0.3, 0.4) is 0 Å². The minimum atomic E-state index is -0.441. The molecule has 0 aromatic heterocycles. The normalized spacial score (nSPS) is 17.6. The van der Waals surface area contributed by atoms with E-state index in [4.69, 9.17) is 4.74 Å². The van der Waals surface area contributed by atoms with Crippen LogP contribution in [0, 0.1) is 6.92 Å². The lowest BCUT2D eigenvalue weighted by molar-refractivity contribution is -0.124. The summed E-state index contributed by atoms with van der Waals surface area (Å²) in [7, 11) is 0.